The first-order chi connectivity index (χ1) is 10.4. The van der Waals surface area contributed by atoms with Crippen molar-refractivity contribution >= 4 is 23.5 Å². The number of alkyl halides is 1. The van der Waals surface area contributed by atoms with E-state index < -0.39 is 24.6 Å². The van der Waals surface area contributed by atoms with Gasteiger partial charge in [-0.05, 0) is 18.6 Å². The second-order valence-corrected chi connectivity index (χ2v) is 4.76. The monoisotopic (exact) mass is 333 g/mol. The highest BCUT2D eigenvalue weighted by Gasteiger charge is 2.22. The molecule has 1 amide bonds. The molecule has 0 aliphatic rings. The Morgan fingerprint density at radius 2 is 2.14 bits per heavy atom. The van der Waals surface area contributed by atoms with Gasteiger partial charge in [-0.25, -0.2) is 9.18 Å². The molecular formula is C14H17ClFNO5. The smallest absolute Gasteiger partial charge is 0.328 e. The standard InChI is InChI=1S/C14H17ClFNO5/c1-3-4-22-12-9(15)5-8(6-11(12)21-2)13(18)17-10(7-16)14(19)20/h5-6,10H,3-4,7H2,1-2H3,(H,17,18)(H,19,20). The van der Waals surface area contributed by atoms with E-state index in [4.69, 9.17) is 26.2 Å². The zero-order valence-electron chi connectivity index (χ0n) is 12.2. The molecule has 1 rings (SSSR count). The molecule has 8 heteroatoms. The van der Waals surface area contributed by atoms with E-state index in [9.17, 15) is 14.0 Å². The molecule has 1 aromatic rings. The summed E-state index contributed by atoms with van der Waals surface area (Å²) in [6.07, 6.45) is 0.762. The molecule has 6 nitrogen and oxygen atoms in total. The molecule has 22 heavy (non-hydrogen) atoms. The number of halogens is 2. The number of nitrogens with one attached hydrogen (secondary N) is 1. The molecule has 0 aliphatic carbocycles. The fraction of sp³-hybridized carbons (Fsp3) is 0.429. The van der Waals surface area contributed by atoms with Crippen molar-refractivity contribution < 1.29 is 28.6 Å². The highest BCUT2D eigenvalue weighted by molar-refractivity contribution is 6.32. The van der Waals surface area contributed by atoms with Gasteiger partial charge in [0.15, 0.2) is 17.5 Å². The van der Waals surface area contributed by atoms with Gasteiger partial charge in [0.2, 0.25) is 0 Å². The molecule has 2 N–H and O–H groups in total. The third-order valence-corrected chi connectivity index (χ3v) is 2.98. The predicted molar refractivity (Wildman–Crippen MR) is 78.7 cm³/mol. The Morgan fingerprint density at radius 1 is 1.45 bits per heavy atom. The van der Waals surface area contributed by atoms with Crippen LogP contribution in [-0.4, -0.2) is 43.4 Å². The summed E-state index contributed by atoms with van der Waals surface area (Å²) in [7, 11) is 1.38. The molecule has 0 saturated carbocycles. The summed E-state index contributed by atoms with van der Waals surface area (Å²) in [6, 6.07) is 1.04. The van der Waals surface area contributed by atoms with E-state index in [1.807, 2.05) is 6.92 Å². The number of methoxy groups -OCH3 is 1. The quantitative estimate of drug-likeness (QED) is 0.762. The second kappa shape index (κ2) is 8.43. The van der Waals surface area contributed by atoms with Crippen molar-refractivity contribution in [1.82, 2.24) is 5.32 Å². The van der Waals surface area contributed by atoms with Crippen LogP contribution in [0.15, 0.2) is 12.1 Å². The van der Waals surface area contributed by atoms with Crippen molar-refractivity contribution in [2.24, 2.45) is 0 Å². The highest BCUT2D eigenvalue weighted by atomic mass is 35.5. The molecule has 0 aromatic heterocycles. The lowest BCUT2D eigenvalue weighted by atomic mass is 10.1. The number of benzene rings is 1. The lowest BCUT2D eigenvalue weighted by Crippen LogP contribution is -2.42. The van der Waals surface area contributed by atoms with E-state index in [2.05, 4.69) is 5.32 Å². The Bertz CT molecular complexity index is 552. The van der Waals surface area contributed by atoms with Gasteiger partial charge in [0.05, 0.1) is 18.7 Å². The third kappa shape index (κ3) is 4.49. The van der Waals surface area contributed by atoms with Gasteiger partial charge in [-0.1, -0.05) is 18.5 Å². The van der Waals surface area contributed by atoms with Gasteiger partial charge < -0.3 is 19.9 Å². The van der Waals surface area contributed by atoms with Crippen molar-refractivity contribution in [3.8, 4) is 11.5 Å². The lowest BCUT2D eigenvalue weighted by Gasteiger charge is -2.15. The summed E-state index contributed by atoms with van der Waals surface area (Å²) in [5.41, 5.74) is 0.0467. The second-order valence-electron chi connectivity index (χ2n) is 4.36. The molecule has 0 radical (unpaired) electrons. The molecule has 1 aromatic carbocycles. The summed E-state index contributed by atoms with van der Waals surface area (Å²) in [5.74, 6) is -1.70. The molecule has 0 saturated heterocycles. The lowest BCUT2D eigenvalue weighted by molar-refractivity contribution is -0.139. The van der Waals surface area contributed by atoms with E-state index in [0.29, 0.717) is 12.4 Å². The Balaban J connectivity index is 3.03. The number of carboxylic acids is 1. The first-order valence-corrected chi connectivity index (χ1v) is 6.92. The van der Waals surface area contributed by atoms with Crippen molar-refractivity contribution in [2.75, 3.05) is 20.4 Å². The highest BCUT2D eigenvalue weighted by Crippen LogP contribution is 2.36. The van der Waals surface area contributed by atoms with Crippen molar-refractivity contribution in [3.05, 3.63) is 22.7 Å². The first kappa shape index (κ1) is 18.0. The number of hydrogen-bond donors (Lipinski definition) is 2. The van der Waals surface area contributed by atoms with Gasteiger partial charge in [0.1, 0.15) is 6.67 Å². The van der Waals surface area contributed by atoms with Gasteiger partial charge in [0.25, 0.3) is 5.91 Å². The fourth-order valence-electron chi connectivity index (χ4n) is 1.60. The molecular weight excluding hydrogens is 317 g/mol. The Hall–Kier alpha value is -2.02. The number of carboxylic acid groups (broad SMARTS) is 1. The van der Waals surface area contributed by atoms with Crippen LogP contribution in [0.2, 0.25) is 5.02 Å². The Labute approximate surface area is 132 Å². The van der Waals surface area contributed by atoms with Crippen LogP contribution in [0.3, 0.4) is 0 Å². The van der Waals surface area contributed by atoms with E-state index in [-0.39, 0.29) is 16.3 Å². The molecule has 0 bridgehead atoms. The van der Waals surface area contributed by atoms with Gasteiger partial charge >= 0.3 is 5.97 Å². The van der Waals surface area contributed by atoms with Gasteiger partial charge in [0, 0.05) is 5.56 Å². The SMILES string of the molecule is CCCOc1c(Cl)cc(C(=O)NC(CF)C(=O)O)cc1OC. The van der Waals surface area contributed by atoms with Crippen LogP contribution in [0.1, 0.15) is 23.7 Å². The minimum atomic E-state index is -1.62. The molecule has 0 heterocycles. The van der Waals surface area contributed by atoms with Crippen molar-refractivity contribution in [1.29, 1.82) is 0 Å². The van der Waals surface area contributed by atoms with Crippen LogP contribution < -0.4 is 14.8 Å². The largest absolute Gasteiger partial charge is 0.493 e. The average molecular weight is 334 g/mol. The predicted octanol–water partition coefficient (Wildman–Crippen LogP) is 2.29. The van der Waals surface area contributed by atoms with Crippen molar-refractivity contribution in [3.63, 3.8) is 0 Å². The van der Waals surface area contributed by atoms with E-state index in [0.717, 1.165) is 6.42 Å². The van der Waals surface area contributed by atoms with Crippen LogP contribution >= 0.6 is 11.6 Å². The number of carbonyl (C=O) groups excluding carboxylic acids is 1. The number of rotatable bonds is 8. The van der Waals surface area contributed by atoms with Crippen LogP contribution in [0.25, 0.3) is 0 Å². The Kier molecular flexibility index (Phi) is 6.91. The minimum absolute atomic E-state index is 0.0467. The molecule has 0 fully saturated rings. The number of carbonyl (C=O) groups is 2. The number of hydrogen-bond acceptors (Lipinski definition) is 4. The molecule has 0 aliphatic heterocycles. The fourth-order valence-corrected chi connectivity index (χ4v) is 1.87. The van der Waals surface area contributed by atoms with Crippen LogP contribution in [0.5, 0.6) is 11.5 Å². The van der Waals surface area contributed by atoms with Gasteiger partial charge in [-0.2, -0.15) is 0 Å². The maximum absolute atomic E-state index is 12.5. The zero-order chi connectivity index (χ0) is 16.7. The average Bonchev–Trinajstić information content (AvgIpc) is 2.49. The summed E-state index contributed by atoms with van der Waals surface area (Å²) in [6.45, 7) is 1.12. The van der Waals surface area contributed by atoms with Crippen LogP contribution in [0, 0.1) is 0 Å². The maximum Gasteiger partial charge on any atom is 0.328 e. The number of aliphatic carboxylic acids is 1. The summed E-state index contributed by atoms with van der Waals surface area (Å²) >= 11 is 6.05. The minimum Gasteiger partial charge on any atom is -0.493 e. The van der Waals surface area contributed by atoms with E-state index in [1.165, 1.54) is 19.2 Å². The van der Waals surface area contributed by atoms with Crippen LogP contribution in [-0.2, 0) is 4.79 Å². The van der Waals surface area contributed by atoms with Gasteiger partial charge in [-0.3, -0.25) is 4.79 Å². The summed E-state index contributed by atoms with van der Waals surface area (Å²) in [5, 5.41) is 10.9. The van der Waals surface area contributed by atoms with E-state index in [1.54, 1.807) is 0 Å². The molecule has 1 atom stereocenters. The number of amides is 1. The topological polar surface area (TPSA) is 84.9 Å². The summed E-state index contributed by atoms with van der Waals surface area (Å²) < 4.78 is 23.1. The van der Waals surface area contributed by atoms with E-state index >= 15 is 0 Å². The zero-order valence-corrected chi connectivity index (χ0v) is 12.9. The third-order valence-electron chi connectivity index (χ3n) is 2.70. The first-order valence-electron chi connectivity index (χ1n) is 6.54. The van der Waals surface area contributed by atoms with Gasteiger partial charge in [-0.15, -0.1) is 0 Å². The number of ether oxygens (including phenoxy) is 2. The normalized spacial score (nSPS) is 11.6. The molecule has 0 spiro atoms. The van der Waals surface area contributed by atoms with Crippen molar-refractivity contribution in [2.45, 2.75) is 19.4 Å². The Morgan fingerprint density at radius 3 is 2.64 bits per heavy atom. The van der Waals surface area contributed by atoms with Crippen LogP contribution in [0.4, 0.5) is 4.39 Å². The molecule has 122 valence electrons. The molecule has 1 unspecified atom stereocenters. The maximum atomic E-state index is 12.5. The summed E-state index contributed by atoms with van der Waals surface area (Å²) in [4.78, 5) is 22.7.